The lowest BCUT2D eigenvalue weighted by atomic mass is 10.1. The summed E-state index contributed by atoms with van der Waals surface area (Å²) in [7, 11) is 1.64. The second-order valence-electron chi connectivity index (χ2n) is 6.84. The molecule has 3 rings (SSSR count). The van der Waals surface area contributed by atoms with Crippen LogP contribution in [0.15, 0.2) is 48.5 Å². The van der Waals surface area contributed by atoms with E-state index in [2.05, 4.69) is 16.5 Å². The van der Waals surface area contributed by atoms with Gasteiger partial charge >= 0.3 is 0 Å². The highest BCUT2D eigenvalue weighted by atomic mass is 16.5. The Labute approximate surface area is 170 Å². The summed E-state index contributed by atoms with van der Waals surface area (Å²) in [4.78, 5) is 12.4. The van der Waals surface area contributed by atoms with Gasteiger partial charge in [-0.3, -0.25) is 4.79 Å². The van der Waals surface area contributed by atoms with Crippen molar-refractivity contribution in [1.82, 2.24) is 9.78 Å². The molecule has 148 valence electrons. The van der Waals surface area contributed by atoms with Crippen molar-refractivity contribution in [2.24, 2.45) is 0 Å². The van der Waals surface area contributed by atoms with Crippen LogP contribution in [0.2, 0.25) is 0 Å². The number of carbonyl (C=O) groups excluding carboxylic acids is 1. The van der Waals surface area contributed by atoms with Crippen LogP contribution in [0.4, 0.5) is 5.69 Å². The van der Waals surface area contributed by atoms with Gasteiger partial charge in [0.15, 0.2) is 0 Å². The maximum atomic E-state index is 12.4. The molecule has 6 nitrogen and oxygen atoms in total. The van der Waals surface area contributed by atoms with E-state index in [1.807, 2.05) is 67.1 Å². The fourth-order valence-electron chi connectivity index (χ4n) is 3.29. The number of nitrogens with zero attached hydrogens (tertiary/aromatic N) is 3. The number of hydrogen-bond acceptors (Lipinski definition) is 4. The highest BCUT2D eigenvalue weighted by molar-refractivity contribution is 5.90. The Morgan fingerprint density at radius 1 is 1.21 bits per heavy atom. The van der Waals surface area contributed by atoms with Crippen molar-refractivity contribution in [3.8, 4) is 17.5 Å². The van der Waals surface area contributed by atoms with Crippen molar-refractivity contribution >= 4 is 11.6 Å². The van der Waals surface area contributed by atoms with Gasteiger partial charge in [-0.2, -0.15) is 10.4 Å². The van der Waals surface area contributed by atoms with Crippen molar-refractivity contribution in [3.63, 3.8) is 0 Å². The molecule has 0 saturated heterocycles. The van der Waals surface area contributed by atoms with Gasteiger partial charge in [-0.05, 0) is 55.7 Å². The van der Waals surface area contributed by atoms with E-state index in [1.165, 1.54) is 0 Å². The summed E-state index contributed by atoms with van der Waals surface area (Å²) in [5, 5.41) is 16.3. The zero-order valence-electron chi connectivity index (χ0n) is 16.9. The first-order chi connectivity index (χ1) is 14.0. The third-order valence-corrected chi connectivity index (χ3v) is 4.86. The zero-order chi connectivity index (χ0) is 20.8. The van der Waals surface area contributed by atoms with Crippen LogP contribution in [0.3, 0.4) is 0 Å². The molecule has 0 aliphatic rings. The Balaban J connectivity index is 1.66. The van der Waals surface area contributed by atoms with Gasteiger partial charge in [0.05, 0.1) is 31.0 Å². The van der Waals surface area contributed by atoms with Crippen LogP contribution < -0.4 is 10.1 Å². The van der Waals surface area contributed by atoms with E-state index in [-0.39, 0.29) is 5.91 Å². The number of amides is 1. The van der Waals surface area contributed by atoms with E-state index >= 15 is 0 Å². The molecule has 0 spiro atoms. The Morgan fingerprint density at radius 2 is 1.97 bits per heavy atom. The number of carbonyl (C=O) groups is 1. The first-order valence-electron chi connectivity index (χ1n) is 9.47. The predicted molar refractivity (Wildman–Crippen MR) is 112 cm³/mol. The molecular formula is C23H24N4O2. The van der Waals surface area contributed by atoms with Gasteiger partial charge in [0, 0.05) is 23.9 Å². The van der Waals surface area contributed by atoms with E-state index < -0.39 is 0 Å². The summed E-state index contributed by atoms with van der Waals surface area (Å²) in [5.74, 6) is 0.725. The molecule has 0 aliphatic carbocycles. The monoisotopic (exact) mass is 388 g/mol. The number of anilines is 1. The standard InChI is InChI=1S/C23H24N4O2/c1-16-22(17(2)27(26-16)20-5-4-6-21(15-20)29-3)11-12-23(28)25-19-9-7-18(8-10-19)13-14-24/h4-10,15H,11-13H2,1-3H3,(H,25,28). The van der Waals surface area contributed by atoms with E-state index in [9.17, 15) is 4.79 Å². The van der Waals surface area contributed by atoms with Crippen LogP contribution in [0.5, 0.6) is 5.75 Å². The van der Waals surface area contributed by atoms with Gasteiger partial charge in [-0.1, -0.05) is 18.2 Å². The third kappa shape index (κ3) is 4.82. The van der Waals surface area contributed by atoms with Gasteiger partial charge in [0.2, 0.25) is 5.91 Å². The van der Waals surface area contributed by atoms with Gasteiger partial charge in [0.1, 0.15) is 5.75 Å². The first kappa shape index (κ1) is 20.2. The largest absolute Gasteiger partial charge is 0.497 e. The highest BCUT2D eigenvalue weighted by Crippen LogP contribution is 2.22. The molecule has 0 fully saturated rings. The van der Waals surface area contributed by atoms with Crippen LogP contribution in [0.1, 0.15) is 28.9 Å². The second kappa shape index (κ2) is 9.07. The van der Waals surface area contributed by atoms with Crippen molar-refractivity contribution in [3.05, 3.63) is 71.0 Å². The Kier molecular flexibility index (Phi) is 6.30. The van der Waals surface area contributed by atoms with Crippen LogP contribution in [-0.2, 0) is 17.6 Å². The van der Waals surface area contributed by atoms with Crippen molar-refractivity contribution in [2.75, 3.05) is 12.4 Å². The Bertz CT molecular complexity index is 1050. The summed E-state index contributed by atoms with van der Waals surface area (Å²) in [6.45, 7) is 3.98. The average Bonchev–Trinajstić information content (AvgIpc) is 3.01. The number of rotatable bonds is 7. The number of nitriles is 1. The fourth-order valence-corrected chi connectivity index (χ4v) is 3.29. The molecule has 0 bridgehead atoms. The molecule has 1 amide bonds. The van der Waals surface area contributed by atoms with Crippen LogP contribution >= 0.6 is 0 Å². The molecule has 6 heteroatoms. The fraction of sp³-hybridized carbons (Fsp3) is 0.261. The van der Waals surface area contributed by atoms with E-state index in [0.29, 0.717) is 19.3 Å². The minimum absolute atomic E-state index is 0.0500. The topological polar surface area (TPSA) is 79.9 Å². The normalized spacial score (nSPS) is 10.4. The third-order valence-electron chi connectivity index (χ3n) is 4.86. The molecular weight excluding hydrogens is 364 g/mol. The minimum Gasteiger partial charge on any atom is -0.497 e. The molecule has 29 heavy (non-hydrogen) atoms. The summed E-state index contributed by atoms with van der Waals surface area (Å²) < 4.78 is 7.19. The smallest absolute Gasteiger partial charge is 0.224 e. The van der Waals surface area contributed by atoms with Gasteiger partial charge in [-0.15, -0.1) is 0 Å². The van der Waals surface area contributed by atoms with Gasteiger partial charge in [0.25, 0.3) is 0 Å². The molecule has 0 saturated carbocycles. The lowest BCUT2D eigenvalue weighted by Crippen LogP contribution is -2.12. The van der Waals surface area contributed by atoms with E-state index in [0.717, 1.165) is 39.6 Å². The molecule has 1 heterocycles. The first-order valence-corrected chi connectivity index (χ1v) is 9.47. The SMILES string of the molecule is COc1cccc(-n2nc(C)c(CCC(=O)Nc3ccc(CC#N)cc3)c2C)c1. The molecule has 0 atom stereocenters. The van der Waals surface area contributed by atoms with E-state index in [4.69, 9.17) is 10.00 Å². The summed E-state index contributed by atoms with van der Waals surface area (Å²) in [5.41, 5.74) is 5.60. The molecule has 3 aromatic rings. The number of aromatic nitrogens is 2. The molecule has 0 radical (unpaired) electrons. The van der Waals surface area contributed by atoms with Crippen LogP contribution in [0, 0.1) is 25.2 Å². The van der Waals surface area contributed by atoms with Gasteiger partial charge in [-0.25, -0.2) is 4.68 Å². The molecule has 1 N–H and O–H groups in total. The van der Waals surface area contributed by atoms with Crippen molar-refractivity contribution in [1.29, 1.82) is 5.26 Å². The Morgan fingerprint density at radius 3 is 2.66 bits per heavy atom. The molecule has 2 aromatic carbocycles. The maximum Gasteiger partial charge on any atom is 0.224 e. The number of benzene rings is 2. The average molecular weight is 388 g/mol. The molecule has 1 aromatic heterocycles. The van der Waals surface area contributed by atoms with Crippen LogP contribution in [0.25, 0.3) is 5.69 Å². The minimum atomic E-state index is -0.0500. The summed E-state index contributed by atoms with van der Waals surface area (Å²) in [6.07, 6.45) is 1.34. The number of methoxy groups -OCH3 is 1. The van der Waals surface area contributed by atoms with E-state index in [1.54, 1.807) is 7.11 Å². The predicted octanol–water partition coefficient (Wildman–Crippen LogP) is 4.14. The zero-order valence-corrected chi connectivity index (χ0v) is 16.9. The van der Waals surface area contributed by atoms with Gasteiger partial charge < -0.3 is 10.1 Å². The number of ether oxygens (including phenoxy) is 1. The summed E-state index contributed by atoms with van der Waals surface area (Å²) >= 11 is 0. The van der Waals surface area contributed by atoms with Crippen molar-refractivity contribution < 1.29 is 9.53 Å². The van der Waals surface area contributed by atoms with Crippen molar-refractivity contribution in [2.45, 2.75) is 33.1 Å². The molecule has 0 aliphatic heterocycles. The van der Waals surface area contributed by atoms with Crippen LogP contribution in [-0.4, -0.2) is 22.8 Å². The number of hydrogen-bond donors (Lipinski definition) is 1. The lowest BCUT2D eigenvalue weighted by molar-refractivity contribution is -0.116. The lowest BCUT2D eigenvalue weighted by Gasteiger charge is -2.08. The number of aryl methyl sites for hydroxylation is 1. The number of nitrogens with one attached hydrogen (secondary N) is 1. The second-order valence-corrected chi connectivity index (χ2v) is 6.84. The molecule has 0 unspecified atom stereocenters. The highest BCUT2D eigenvalue weighted by Gasteiger charge is 2.14. The summed E-state index contributed by atoms with van der Waals surface area (Å²) in [6, 6.07) is 17.2. The quantitative estimate of drug-likeness (QED) is 0.660. The Hall–Kier alpha value is -3.59. The maximum absolute atomic E-state index is 12.4.